The van der Waals surface area contributed by atoms with Crippen molar-refractivity contribution in [3.05, 3.63) is 41.7 Å². The Labute approximate surface area is 182 Å². The minimum atomic E-state index is -3.60. The van der Waals surface area contributed by atoms with Crippen LogP contribution >= 0.6 is 0 Å². The Morgan fingerprint density at radius 2 is 1.77 bits per heavy atom. The van der Waals surface area contributed by atoms with Crippen molar-refractivity contribution < 1.29 is 18.0 Å². The Kier molecular flexibility index (Phi) is 5.85. The molecule has 2 aliphatic heterocycles. The maximum atomic E-state index is 13.0. The zero-order valence-electron chi connectivity index (χ0n) is 17.7. The van der Waals surface area contributed by atoms with Crippen molar-refractivity contribution in [1.82, 2.24) is 19.0 Å². The molecular formula is C21H27N5O4S. The molecule has 2 aliphatic rings. The maximum Gasteiger partial charge on any atom is 0.271 e. The largest absolute Gasteiger partial charge is 0.340 e. The lowest BCUT2D eigenvalue weighted by atomic mass is 9.94. The van der Waals surface area contributed by atoms with E-state index in [0.29, 0.717) is 43.9 Å². The fourth-order valence-electron chi connectivity index (χ4n) is 4.19. The Hall–Kier alpha value is -2.72. The third-order valence-electron chi connectivity index (χ3n) is 5.91. The van der Waals surface area contributed by atoms with Gasteiger partial charge in [-0.3, -0.25) is 14.3 Å². The van der Waals surface area contributed by atoms with Crippen LogP contribution in [0.4, 0.5) is 5.69 Å². The number of nitrogens with zero attached hydrogens (tertiary/aromatic N) is 4. The fourth-order valence-corrected chi connectivity index (χ4v) is 5.66. The number of nitrogens with one attached hydrogen (secondary N) is 1. The number of sulfonamides is 1. The van der Waals surface area contributed by atoms with Crippen LogP contribution in [0.1, 0.15) is 48.3 Å². The molecule has 0 unspecified atom stereocenters. The predicted molar refractivity (Wildman–Crippen MR) is 115 cm³/mol. The number of aryl methyl sites for hydroxylation is 1. The second-order valence-corrected chi connectivity index (χ2v) is 10.1. The molecule has 2 amide bonds. The number of hydrogen-bond acceptors (Lipinski definition) is 5. The Morgan fingerprint density at radius 3 is 2.42 bits per heavy atom. The normalized spacial score (nSPS) is 18.5. The molecule has 0 radical (unpaired) electrons. The first kappa shape index (κ1) is 21.5. The Balaban J connectivity index is 1.44. The fraction of sp³-hybridized carbons (Fsp3) is 0.476. The van der Waals surface area contributed by atoms with Crippen LogP contribution in [0.3, 0.4) is 0 Å². The molecule has 1 fully saturated rings. The Morgan fingerprint density at radius 1 is 1.10 bits per heavy atom. The van der Waals surface area contributed by atoms with Gasteiger partial charge in [-0.2, -0.15) is 9.40 Å². The van der Waals surface area contributed by atoms with Crippen LogP contribution in [0.2, 0.25) is 0 Å². The van der Waals surface area contributed by atoms with Crippen LogP contribution in [0.25, 0.3) is 0 Å². The van der Waals surface area contributed by atoms with Crippen molar-refractivity contribution >= 4 is 27.5 Å². The molecule has 0 atom stereocenters. The lowest BCUT2D eigenvalue weighted by Crippen LogP contribution is -2.38. The lowest BCUT2D eigenvalue weighted by molar-refractivity contribution is -0.114. The van der Waals surface area contributed by atoms with Crippen molar-refractivity contribution in [3.8, 4) is 0 Å². The number of carbonyl (C=O) groups is 2. The molecule has 10 heteroatoms. The van der Waals surface area contributed by atoms with Gasteiger partial charge in [-0.1, -0.05) is 0 Å². The van der Waals surface area contributed by atoms with Gasteiger partial charge in [0.1, 0.15) is 5.69 Å². The third-order valence-corrected chi connectivity index (χ3v) is 7.83. The summed E-state index contributed by atoms with van der Waals surface area (Å²) in [6, 6.07) is 8.09. The molecule has 0 aliphatic carbocycles. The minimum Gasteiger partial charge on any atom is -0.340 e. The topological polar surface area (TPSA) is 105 Å². The molecule has 0 bridgehead atoms. The molecule has 31 heavy (non-hydrogen) atoms. The van der Waals surface area contributed by atoms with Crippen molar-refractivity contribution in [2.75, 3.05) is 32.0 Å². The molecule has 0 spiro atoms. The predicted octanol–water partition coefficient (Wildman–Crippen LogP) is 1.89. The van der Waals surface area contributed by atoms with Crippen LogP contribution in [0.5, 0.6) is 0 Å². The SMILES string of the molecule is CC(=O)Nc1ccc(S(=O)(=O)N2CCC(c3cc4n(n3)CCCN(C)C4=O)CC2)cc1. The molecule has 0 saturated carbocycles. The number of fused-ring (bicyclic) bond motifs is 1. The highest BCUT2D eigenvalue weighted by Crippen LogP contribution is 2.31. The number of anilines is 1. The van der Waals surface area contributed by atoms with Gasteiger partial charge in [-0.05, 0) is 49.6 Å². The number of amides is 2. The van der Waals surface area contributed by atoms with Gasteiger partial charge in [-0.25, -0.2) is 8.42 Å². The zero-order chi connectivity index (χ0) is 22.2. The van der Waals surface area contributed by atoms with E-state index in [-0.39, 0.29) is 22.6 Å². The molecule has 9 nitrogen and oxygen atoms in total. The van der Waals surface area contributed by atoms with E-state index in [1.807, 2.05) is 6.07 Å². The average Bonchev–Trinajstić information content (AvgIpc) is 3.12. The van der Waals surface area contributed by atoms with Gasteiger partial charge >= 0.3 is 0 Å². The standard InChI is InChI=1S/C21H27N5O4S/c1-15(27)22-17-4-6-18(7-5-17)31(29,30)25-12-8-16(9-13-25)19-14-20-21(28)24(2)10-3-11-26(20)23-19/h4-7,14,16H,3,8-13H2,1-2H3,(H,22,27). The number of rotatable bonds is 4. The summed E-state index contributed by atoms with van der Waals surface area (Å²) in [5, 5.41) is 7.30. The number of aromatic nitrogens is 2. The summed E-state index contributed by atoms with van der Waals surface area (Å²) in [5.41, 5.74) is 2.05. The summed E-state index contributed by atoms with van der Waals surface area (Å²) >= 11 is 0. The number of carbonyl (C=O) groups excluding carboxylic acids is 2. The monoisotopic (exact) mass is 445 g/mol. The highest BCUT2D eigenvalue weighted by molar-refractivity contribution is 7.89. The molecule has 1 aromatic carbocycles. The second kappa shape index (κ2) is 8.43. The second-order valence-electron chi connectivity index (χ2n) is 8.14. The van der Waals surface area contributed by atoms with Gasteiger partial charge in [-0.15, -0.1) is 0 Å². The summed E-state index contributed by atoms with van der Waals surface area (Å²) in [6.07, 6.45) is 2.18. The van der Waals surface area contributed by atoms with Gasteiger partial charge in [0.15, 0.2) is 0 Å². The summed E-state index contributed by atoms with van der Waals surface area (Å²) in [5.74, 6) is -0.0901. The van der Waals surface area contributed by atoms with E-state index in [9.17, 15) is 18.0 Å². The van der Waals surface area contributed by atoms with Gasteiger partial charge < -0.3 is 10.2 Å². The maximum absolute atomic E-state index is 13.0. The van der Waals surface area contributed by atoms with Crippen LogP contribution in [-0.4, -0.2) is 65.9 Å². The molecule has 1 N–H and O–H groups in total. The molecule has 4 rings (SSSR count). The number of hydrogen-bond donors (Lipinski definition) is 1. The van der Waals surface area contributed by atoms with Crippen LogP contribution in [0.15, 0.2) is 35.2 Å². The molecule has 1 saturated heterocycles. The molecule has 1 aromatic heterocycles. The summed E-state index contributed by atoms with van der Waals surface area (Å²) in [4.78, 5) is 25.6. The first-order valence-electron chi connectivity index (χ1n) is 10.5. The van der Waals surface area contributed by atoms with E-state index in [4.69, 9.17) is 0 Å². The van der Waals surface area contributed by atoms with Gasteiger partial charge in [0.2, 0.25) is 15.9 Å². The van der Waals surface area contributed by atoms with Crippen LogP contribution < -0.4 is 5.32 Å². The van der Waals surface area contributed by atoms with E-state index in [0.717, 1.165) is 18.7 Å². The van der Waals surface area contributed by atoms with E-state index in [1.165, 1.54) is 23.4 Å². The van der Waals surface area contributed by atoms with E-state index in [2.05, 4.69) is 10.4 Å². The number of benzene rings is 1. The number of piperidine rings is 1. The molecule has 166 valence electrons. The van der Waals surface area contributed by atoms with Gasteiger partial charge in [0, 0.05) is 51.8 Å². The minimum absolute atomic E-state index is 0.0148. The molecule has 3 heterocycles. The quantitative estimate of drug-likeness (QED) is 0.774. The smallest absolute Gasteiger partial charge is 0.271 e. The van der Waals surface area contributed by atoms with Gasteiger partial charge in [0.05, 0.1) is 10.6 Å². The van der Waals surface area contributed by atoms with Crippen molar-refractivity contribution in [2.24, 2.45) is 0 Å². The lowest BCUT2D eigenvalue weighted by Gasteiger charge is -2.30. The first-order chi connectivity index (χ1) is 14.8. The van der Waals surface area contributed by atoms with E-state index < -0.39 is 10.0 Å². The van der Waals surface area contributed by atoms with E-state index in [1.54, 1.807) is 28.8 Å². The summed E-state index contributed by atoms with van der Waals surface area (Å²) < 4.78 is 29.3. The van der Waals surface area contributed by atoms with Crippen molar-refractivity contribution in [1.29, 1.82) is 0 Å². The highest BCUT2D eigenvalue weighted by atomic mass is 32.2. The van der Waals surface area contributed by atoms with Crippen molar-refractivity contribution in [3.63, 3.8) is 0 Å². The summed E-state index contributed by atoms with van der Waals surface area (Å²) in [6.45, 7) is 3.64. The highest BCUT2D eigenvalue weighted by Gasteiger charge is 2.32. The average molecular weight is 446 g/mol. The summed E-state index contributed by atoms with van der Waals surface area (Å²) in [7, 11) is -1.80. The molecular weight excluding hydrogens is 418 g/mol. The molecule has 2 aromatic rings. The Bertz CT molecular complexity index is 1090. The van der Waals surface area contributed by atoms with Crippen molar-refractivity contribution in [2.45, 2.75) is 43.5 Å². The first-order valence-corrected chi connectivity index (χ1v) is 11.9. The van der Waals surface area contributed by atoms with Crippen LogP contribution in [0, 0.1) is 0 Å². The van der Waals surface area contributed by atoms with E-state index >= 15 is 0 Å². The zero-order valence-corrected chi connectivity index (χ0v) is 18.6. The van der Waals surface area contributed by atoms with Crippen LogP contribution in [-0.2, 0) is 21.4 Å². The van der Waals surface area contributed by atoms with Gasteiger partial charge in [0.25, 0.3) is 5.91 Å². The third kappa shape index (κ3) is 4.35.